The summed E-state index contributed by atoms with van der Waals surface area (Å²) in [6.45, 7) is 2.37. The molecule has 2 N–H and O–H groups in total. The van der Waals surface area contributed by atoms with Gasteiger partial charge in [0.05, 0.1) is 24.2 Å². The molecular weight excluding hydrogens is 404 g/mol. The Morgan fingerprint density at radius 1 is 1.13 bits per heavy atom. The minimum absolute atomic E-state index is 0.193. The summed E-state index contributed by atoms with van der Waals surface area (Å²) in [5, 5.41) is 0.602. The molecule has 154 valence electrons. The summed E-state index contributed by atoms with van der Waals surface area (Å²) < 4.78 is 12.3. The van der Waals surface area contributed by atoms with Crippen molar-refractivity contribution in [3.05, 3.63) is 64.7 Å². The minimum atomic E-state index is -0.565. The fourth-order valence-corrected chi connectivity index (χ4v) is 3.58. The van der Waals surface area contributed by atoms with E-state index < -0.39 is 12.1 Å². The van der Waals surface area contributed by atoms with E-state index in [2.05, 4.69) is 4.98 Å². The third-order valence-corrected chi connectivity index (χ3v) is 5.16. The van der Waals surface area contributed by atoms with E-state index in [4.69, 9.17) is 31.8 Å². The molecule has 7 nitrogen and oxygen atoms in total. The van der Waals surface area contributed by atoms with Crippen LogP contribution in [0.25, 0.3) is 22.2 Å². The summed E-state index contributed by atoms with van der Waals surface area (Å²) >= 11 is 6.35. The molecule has 4 rings (SSSR count). The normalized spacial score (nSPS) is 12.4. The molecule has 1 atom stereocenters. The zero-order valence-corrected chi connectivity index (χ0v) is 17.4. The molecule has 0 bridgehead atoms. The number of hydrogen-bond donors (Lipinski definition) is 1. The lowest BCUT2D eigenvalue weighted by Gasteiger charge is -2.12. The molecule has 2 aromatic heterocycles. The SMILES string of the molecule is COCC(C)OC(=O)c1c(N)n(Cc2ccccc2Cl)c2nc3ccccc3nc12. The number of ether oxygens (including phenoxy) is 2. The second-order valence-corrected chi connectivity index (χ2v) is 7.40. The van der Waals surface area contributed by atoms with Crippen LogP contribution in [0.4, 0.5) is 5.82 Å². The van der Waals surface area contributed by atoms with E-state index in [0.717, 1.165) is 5.56 Å². The van der Waals surface area contributed by atoms with Gasteiger partial charge in [0.1, 0.15) is 23.0 Å². The summed E-state index contributed by atoms with van der Waals surface area (Å²) in [6.07, 6.45) is -0.433. The van der Waals surface area contributed by atoms with Gasteiger partial charge in [0.25, 0.3) is 0 Å². The lowest BCUT2D eigenvalue weighted by molar-refractivity contribution is 0.0123. The fraction of sp³-hybridized carbons (Fsp3) is 0.227. The van der Waals surface area contributed by atoms with Gasteiger partial charge >= 0.3 is 5.97 Å². The molecule has 0 fully saturated rings. The van der Waals surface area contributed by atoms with Gasteiger partial charge < -0.3 is 19.8 Å². The Hall–Kier alpha value is -3.16. The van der Waals surface area contributed by atoms with Crippen molar-refractivity contribution in [1.29, 1.82) is 0 Å². The third kappa shape index (κ3) is 3.69. The van der Waals surface area contributed by atoms with Gasteiger partial charge in [-0.25, -0.2) is 14.8 Å². The van der Waals surface area contributed by atoms with Crippen molar-refractivity contribution >= 4 is 45.6 Å². The number of hydrogen-bond acceptors (Lipinski definition) is 6. The number of nitrogens with two attached hydrogens (primary N) is 1. The topological polar surface area (TPSA) is 92.3 Å². The monoisotopic (exact) mass is 424 g/mol. The molecule has 1 unspecified atom stereocenters. The van der Waals surface area contributed by atoms with Gasteiger partial charge in [-0.2, -0.15) is 0 Å². The number of anilines is 1. The Bertz CT molecular complexity index is 1240. The summed E-state index contributed by atoms with van der Waals surface area (Å²) in [5.41, 5.74) is 9.74. The average molecular weight is 425 g/mol. The van der Waals surface area contributed by atoms with Crippen LogP contribution in [0.5, 0.6) is 0 Å². The van der Waals surface area contributed by atoms with Gasteiger partial charge in [-0.3, -0.25) is 0 Å². The Morgan fingerprint density at radius 3 is 2.50 bits per heavy atom. The van der Waals surface area contributed by atoms with Crippen LogP contribution in [0.15, 0.2) is 48.5 Å². The summed E-state index contributed by atoms with van der Waals surface area (Å²) in [5.74, 6) is -0.334. The number of benzene rings is 2. The second kappa shape index (κ2) is 8.30. The molecule has 0 radical (unpaired) electrons. The summed E-state index contributed by atoms with van der Waals surface area (Å²) in [4.78, 5) is 22.4. The van der Waals surface area contributed by atoms with Gasteiger partial charge in [-0.05, 0) is 30.7 Å². The Labute approximate surface area is 178 Å². The predicted octanol–water partition coefficient (Wildman–Crippen LogP) is 4.06. The summed E-state index contributed by atoms with van der Waals surface area (Å²) in [7, 11) is 1.55. The van der Waals surface area contributed by atoms with Gasteiger partial charge in [-0.15, -0.1) is 0 Å². The Balaban J connectivity index is 1.90. The predicted molar refractivity (Wildman–Crippen MR) is 117 cm³/mol. The molecule has 2 heterocycles. The first-order chi connectivity index (χ1) is 14.5. The lowest BCUT2D eigenvalue weighted by atomic mass is 10.2. The molecule has 0 aliphatic carbocycles. The van der Waals surface area contributed by atoms with Crippen molar-refractivity contribution < 1.29 is 14.3 Å². The number of aromatic nitrogens is 3. The molecular formula is C22H21ClN4O3. The number of carbonyl (C=O) groups excluding carboxylic acids is 1. The van der Waals surface area contributed by atoms with E-state index >= 15 is 0 Å². The molecule has 0 saturated heterocycles. The van der Waals surface area contributed by atoms with Gasteiger partial charge in [-0.1, -0.05) is 41.9 Å². The maximum Gasteiger partial charge on any atom is 0.344 e. The van der Waals surface area contributed by atoms with Gasteiger partial charge in [0.2, 0.25) is 0 Å². The third-order valence-electron chi connectivity index (χ3n) is 4.79. The highest BCUT2D eigenvalue weighted by Crippen LogP contribution is 2.30. The van der Waals surface area contributed by atoms with Gasteiger partial charge in [0, 0.05) is 12.1 Å². The second-order valence-electron chi connectivity index (χ2n) is 6.99. The number of methoxy groups -OCH3 is 1. The van der Waals surface area contributed by atoms with Crippen molar-refractivity contribution in [2.45, 2.75) is 19.6 Å². The zero-order valence-electron chi connectivity index (χ0n) is 16.6. The molecule has 0 aliphatic heterocycles. The maximum absolute atomic E-state index is 13.0. The minimum Gasteiger partial charge on any atom is -0.456 e. The Morgan fingerprint density at radius 2 is 1.80 bits per heavy atom. The van der Waals surface area contributed by atoms with Crippen LogP contribution in [0.3, 0.4) is 0 Å². The van der Waals surface area contributed by atoms with Crippen molar-refractivity contribution in [2.75, 3.05) is 19.5 Å². The van der Waals surface area contributed by atoms with E-state index in [1.54, 1.807) is 24.7 Å². The van der Waals surface area contributed by atoms with Crippen molar-refractivity contribution in [3.63, 3.8) is 0 Å². The number of carbonyl (C=O) groups is 1. The van der Waals surface area contributed by atoms with Gasteiger partial charge in [0.15, 0.2) is 5.65 Å². The number of nitrogens with zero attached hydrogens (tertiary/aromatic N) is 3. The van der Waals surface area contributed by atoms with Crippen LogP contribution in [-0.4, -0.2) is 40.3 Å². The lowest BCUT2D eigenvalue weighted by Crippen LogP contribution is -2.20. The number of halogens is 1. The number of fused-ring (bicyclic) bond motifs is 2. The fourth-order valence-electron chi connectivity index (χ4n) is 3.39. The molecule has 8 heteroatoms. The quantitative estimate of drug-likeness (QED) is 0.469. The van der Waals surface area contributed by atoms with E-state index in [1.165, 1.54) is 0 Å². The number of para-hydroxylation sites is 2. The zero-order chi connectivity index (χ0) is 21.3. The van der Waals surface area contributed by atoms with Crippen LogP contribution in [0.1, 0.15) is 22.8 Å². The van der Waals surface area contributed by atoms with E-state index in [9.17, 15) is 4.79 Å². The standard InChI is InChI=1S/C22H21ClN4O3/c1-13(12-29-2)30-22(28)18-19-21(26-17-10-6-5-9-16(17)25-19)27(20(18)24)11-14-7-3-4-8-15(14)23/h3-10,13H,11-12,24H2,1-2H3. The van der Waals surface area contributed by atoms with E-state index in [0.29, 0.717) is 33.8 Å². The van der Waals surface area contributed by atoms with Crippen LogP contribution in [0, 0.1) is 0 Å². The number of rotatable bonds is 6. The first-order valence-corrected chi connectivity index (χ1v) is 9.85. The highest BCUT2D eigenvalue weighted by molar-refractivity contribution is 6.31. The summed E-state index contributed by atoms with van der Waals surface area (Å²) in [6, 6.07) is 14.9. The van der Waals surface area contributed by atoms with Crippen LogP contribution < -0.4 is 5.73 Å². The first-order valence-electron chi connectivity index (χ1n) is 9.47. The molecule has 0 spiro atoms. The van der Waals surface area contributed by atoms with Crippen molar-refractivity contribution in [2.24, 2.45) is 0 Å². The highest BCUT2D eigenvalue weighted by Gasteiger charge is 2.26. The molecule has 0 aliphatic rings. The van der Waals surface area contributed by atoms with E-state index in [-0.39, 0.29) is 18.0 Å². The van der Waals surface area contributed by atoms with Crippen LogP contribution in [0.2, 0.25) is 5.02 Å². The highest BCUT2D eigenvalue weighted by atomic mass is 35.5. The first kappa shape index (κ1) is 20.1. The van der Waals surface area contributed by atoms with Crippen molar-refractivity contribution in [1.82, 2.24) is 14.5 Å². The number of nitrogen functional groups attached to an aromatic ring is 1. The Kier molecular flexibility index (Phi) is 5.57. The van der Waals surface area contributed by atoms with Crippen LogP contribution in [-0.2, 0) is 16.0 Å². The van der Waals surface area contributed by atoms with Crippen molar-refractivity contribution in [3.8, 4) is 0 Å². The smallest absolute Gasteiger partial charge is 0.344 e. The molecule has 4 aromatic rings. The largest absolute Gasteiger partial charge is 0.456 e. The van der Waals surface area contributed by atoms with E-state index in [1.807, 2.05) is 42.5 Å². The molecule has 30 heavy (non-hydrogen) atoms. The average Bonchev–Trinajstić information content (AvgIpc) is 2.98. The molecule has 0 saturated carbocycles. The number of esters is 1. The maximum atomic E-state index is 13.0. The molecule has 2 aromatic carbocycles. The van der Waals surface area contributed by atoms with Crippen LogP contribution >= 0.6 is 11.6 Å². The molecule has 0 amide bonds.